The molecule has 0 aliphatic carbocycles. The zero-order valence-electron chi connectivity index (χ0n) is 8.20. The van der Waals surface area contributed by atoms with Gasteiger partial charge in [-0.15, -0.1) is 0 Å². The van der Waals surface area contributed by atoms with Gasteiger partial charge in [-0.25, -0.2) is 9.78 Å². The van der Waals surface area contributed by atoms with E-state index < -0.39 is 5.97 Å². The van der Waals surface area contributed by atoms with Crippen molar-refractivity contribution < 1.29 is 13.9 Å². The van der Waals surface area contributed by atoms with Crippen molar-refractivity contribution in [2.24, 2.45) is 0 Å². The van der Waals surface area contributed by atoms with Crippen LogP contribution >= 0.6 is 11.6 Å². The summed E-state index contributed by atoms with van der Waals surface area (Å²) < 4.78 is 9.93. The second kappa shape index (κ2) is 3.55. The number of carbonyl (C=O) groups excluding carboxylic acids is 1. The first kappa shape index (κ1) is 9.98. The van der Waals surface area contributed by atoms with Crippen LogP contribution in [0.5, 0.6) is 0 Å². The molecule has 15 heavy (non-hydrogen) atoms. The Morgan fingerprint density at radius 1 is 1.53 bits per heavy atom. The number of methoxy groups -OCH3 is 1. The molecular weight excluding hydrogens is 218 g/mol. The minimum absolute atomic E-state index is 0.292. The van der Waals surface area contributed by atoms with Crippen molar-refractivity contribution in [3.05, 3.63) is 28.6 Å². The first-order valence-corrected chi connectivity index (χ1v) is 4.64. The SMILES string of the molecule is COC(=O)c1cc(Cl)cc2nc(C)oc12. The van der Waals surface area contributed by atoms with Gasteiger partial charge in [0.1, 0.15) is 11.1 Å². The van der Waals surface area contributed by atoms with Crippen molar-refractivity contribution in [1.82, 2.24) is 4.98 Å². The molecule has 0 fully saturated rings. The average molecular weight is 226 g/mol. The van der Waals surface area contributed by atoms with Gasteiger partial charge in [-0.1, -0.05) is 11.6 Å². The quantitative estimate of drug-likeness (QED) is 0.700. The van der Waals surface area contributed by atoms with E-state index in [2.05, 4.69) is 9.72 Å². The van der Waals surface area contributed by atoms with E-state index in [1.54, 1.807) is 13.0 Å². The summed E-state index contributed by atoms with van der Waals surface area (Å²) in [6, 6.07) is 3.14. The molecule has 4 nitrogen and oxygen atoms in total. The molecule has 0 saturated heterocycles. The molecule has 0 atom stereocenters. The molecule has 0 amide bonds. The lowest BCUT2D eigenvalue weighted by molar-refractivity contribution is 0.0601. The maximum atomic E-state index is 11.4. The largest absolute Gasteiger partial charge is 0.465 e. The maximum absolute atomic E-state index is 11.4. The fourth-order valence-corrected chi connectivity index (χ4v) is 1.58. The van der Waals surface area contributed by atoms with Gasteiger partial charge < -0.3 is 9.15 Å². The summed E-state index contributed by atoms with van der Waals surface area (Å²) in [4.78, 5) is 15.5. The lowest BCUT2D eigenvalue weighted by Gasteiger charge is -1.99. The number of aromatic nitrogens is 1. The van der Waals surface area contributed by atoms with Crippen molar-refractivity contribution in [1.29, 1.82) is 0 Å². The van der Waals surface area contributed by atoms with Crippen LogP contribution in [0, 0.1) is 6.92 Å². The van der Waals surface area contributed by atoms with Gasteiger partial charge in [0.25, 0.3) is 0 Å². The molecule has 0 bridgehead atoms. The van der Waals surface area contributed by atoms with Crippen LogP contribution in [0.15, 0.2) is 16.5 Å². The highest BCUT2D eigenvalue weighted by Crippen LogP contribution is 2.25. The molecule has 0 spiro atoms. The van der Waals surface area contributed by atoms with Crippen LogP contribution < -0.4 is 0 Å². The smallest absolute Gasteiger partial charge is 0.341 e. The van der Waals surface area contributed by atoms with E-state index in [-0.39, 0.29) is 0 Å². The van der Waals surface area contributed by atoms with Gasteiger partial charge in [-0.05, 0) is 12.1 Å². The highest BCUT2D eigenvalue weighted by Gasteiger charge is 2.16. The second-order valence-electron chi connectivity index (χ2n) is 3.03. The summed E-state index contributed by atoms with van der Waals surface area (Å²) in [7, 11) is 1.30. The van der Waals surface area contributed by atoms with Crippen molar-refractivity contribution in [2.75, 3.05) is 7.11 Å². The molecule has 1 heterocycles. The molecule has 0 radical (unpaired) electrons. The van der Waals surface area contributed by atoms with E-state index >= 15 is 0 Å². The van der Waals surface area contributed by atoms with Gasteiger partial charge in [0.15, 0.2) is 11.5 Å². The Morgan fingerprint density at radius 2 is 2.27 bits per heavy atom. The summed E-state index contributed by atoms with van der Waals surface area (Å²) in [6.45, 7) is 1.70. The molecule has 0 aliphatic heterocycles. The maximum Gasteiger partial charge on any atom is 0.341 e. The molecule has 2 rings (SSSR count). The van der Waals surface area contributed by atoms with Crippen LogP contribution in [-0.2, 0) is 4.74 Å². The number of nitrogens with zero attached hydrogens (tertiary/aromatic N) is 1. The Kier molecular flexibility index (Phi) is 2.36. The summed E-state index contributed by atoms with van der Waals surface area (Å²) in [5.41, 5.74) is 1.25. The van der Waals surface area contributed by atoms with Gasteiger partial charge in [-0.2, -0.15) is 0 Å². The molecule has 1 aromatic heterocycles. The molecule has 0 saturated carbocycles. The molecule has 1 aromatic carbocycles. The van der Waals surface area contributed by atoms with E-state index in [9.17, 15) is 4.79 Å². The van der Waals surface area contributed by atoms with E-state index in [1.165, 1.54) is 13.2 Å². The number of halogens is 1. The minimum atomic E-state index is -0.487. The topological polar surface area (TPSA) is 52.3 Å². The first-order chi connectivity index (χ1) is 7.11. The molecular formula is C10H8ClNO3. The van der Waals surface area contributed by atoms with Crippen LogP contribution in [0.25, 0.3) is 11.1 Å². The molecule has 0 N–H and O–H groups in total. The number of ether oxygens (including phenoxy) is 1. The van der Waals surface area contributed by atoms with E-state index in [1.807, 2.05) is 0 Å². The Labute approximate surface area is 90.8 Å². The zero-order chi connectivity index (χ0) is 11.0. The summed E-state index contributed by atoms with van der Waals surface area (Å²) in [6.07, 6.45) is 0. The Bertz CT molecular complexity index is 533. The monoisotopic (exact) mass is 225 g/mol. The van der Waals surface area contributed by atoms with Gasteiger partial charge in [0.05, 0.1) is 7.11 Å². The zero-order valence-corrected chi connectivity index (χ0v) is 8.96. The van der Waals surface area contributed by atoms with Gasteiger partial charge in [-0.3, -0.25) is 0 Å². The number of hydrogen-bond donors (Lipinski definition) is 0. The lowest BCUT2D eigenvalue weighted by atomic mass is 10.2. The molecule has 2 aromatic rings. The fraction of sp³-hybridized carbons (Fsp3) is 0.200. The predicted octanol–water partition coefficient (Wildman–Crippen LogP) is 2.58. The highest BCUT2D eigenvalue weighted by molar-refractivity contribution is 6.31. The van der Waals surface area contributed by atoms with Crippen molar-refractivity contribution >= 4 is 28.7 Å². The van der Waals surface area contributed by atoms with Crippen LogP contribution in [0.1, 0.15) is 16.2 Å². The Morgan fingerprint density at radius 3 is 2.93 bits per heavy atom. The lowest BCUT2D eigenvalue weighted by Crippen LogP contribution is -2.01. The number of carbonyl (C=O) groups is 1. The number of rotatable bonds is 1. The molecule has 0 unspecified atom stereocenters. The number of esters is 1. The minimum Gasteiger partial charge on any atom is -0.465 e. The Hall–Kier alpha value is -1.55. The predicted molar refractivity (Wildman–Crippen MR) is 55.1 cm³/mol. The third-order valence-corrected chi connectivity index (χ3v) is 2.19. The standard InChI is InChI=1S/C10H8ClNO3/c1-5-12-8-4-6(11)3-7(9(8)15-5)10(13)14-2/h3-4H,1-2H3. The van der Waals surface area contributed by atoms with Crippen molar-refractivity contribution in [3.63, 3.8) is 0 Å². The number of oxazole rings is 1. The summed E-state index contributed by atoms with van der Waals surface area (Å²) in [5, 5.41) is 0.427. The van der Waals surface area contributed by atoms with Gasteiger partial charge >= 0.3 is 5.97 Å². The van der Waals surface area contributed by atoms with E-state index in [0.717, 1.165) is 0 Å². The number of benzene rings is 1. The molecule has 0 aliphatic rings. The second-order valence-corrected chi connectivity index (χ2v) is 3.46. The molecule has 78 valence electrons. The van der Waals surface area contributed by atoms with Crippen molar-refractivity contribution in [2.45, 2.75) is 6.92 Å². The highest BCUT2D eigenvalue weighted by atomic mass is 35.5. The fourth-order valence-electron chi connectivity index (χ4n) is 1.37. The van der Waals surface area contributed by atoms with Crippen LogP contribution in [0.3, 0.4) is 0 Å². The average Bonchev–Trinajstić information content (AvgIpc) is 2.55. The van der Waals surface area contributed by atoms with Gasteiger partial charge in [0, 0.05) is 11.9 Å². The number of aryl methyl sites for hydroxylation is 1. The van der Waals surface area contributed by atoms with Gasteiger partial charge in [0.2, 0.25) is 0 Å². The third kappa shape index (κ3) is 1.68. The van der Waals surface area contributed by atoms with Crippen LogP contribution in [-0.4, -0.2) is 18.1 Å². The number of fused-ring (bicyclic) bond motifs is 1. The van der Waals surface area contributed by atoms with E-state index in [4.69, 9.17) is 16.0 Å². The van der Waals surface area contributed by atoms with Crippen LogP contribution in [0.4, 0.5) is 0 Å². The third-order valence-electron chi connectivity index (χ3n) is 1.97. The molecule has 5 heteroatoms. The number of hydrogen-bond acceptors (Lipinski definition) is 4. The van der Waals surface area contributed by atoms with Crippen molar-refractivity contribution in [3.8, 4) is 0 Å². The summed E-state index contributed by atoms with van der Waals surface area (Å²) >= 11 is 5.84. The summed E-state index contributed by atoms with van der Waals surface area (Å²) in [5.74, 6) is -0.00364. The Balaban J connectivity index is 2.75. The van der Waals surface area contributed by atoms with E-state index in [0.29, 0.717) is 27.6 Å². The van der Waals surface area contributed by atoms with Crippen LogP contribution in [0.2, 0.25) is 5.02 Å². The first-order valence-electron chi connectivity index (χ1n) is 4.27. The normalized spacial score (nSPS) is 10.6.